The molecule has 0 spiro atoms. The second kappa shape index (κ2) is 10.3. The van der Waals surface area contributed by atoms with Crippen LogP contribution in [0.4, 0.5) is 22.7 Å². The molecule has 0 aliphatic heterocycles. The van der Waals surface area contributed by atoms with Crippen molar-refractivity contribution in [2.24, 2.45) is 0 Å². The van der Waals surface area contributed by atoms with E-state index in [1.807, 2.05) is 36.4 Å². The van der Waals surface area contributed by atoms with Crippen molar-refractivity contribution < 1.29 is 14.3 Å². The number of anilines is 4. The van der Waals surface area contributed by atoms with Gasteiger partial charge in [-0.25, -0.2) is 9.21 Å². The van der Waals surface area contributed by atoms with Gasteiger partial charge in [0.05, 0.1) is 39.8 Å². The fourth-order valence-corrected chi connectivity index (χ4v) is 5.00. The lowest BCUT2D eigenvalue weighted by molar-refractivity contribution is 0.0699. The number of hydrogen-bond donors (Lipinski definition) is 3. The van der Waals surface area contributed by atoms with Crippen LogP contribution in [0.5, 0.6) is 0 Å². The summed E-state index contributed by atoms with van der Waals surface area (Å²) in [7, 11) is 1.73. The molecule has 36 heavy (non-hydrogen) atoms. The van der Waals surface area contributed by atoms with E-state index < -0.39 is 5.97 Å². The lowest BCUT2D eigenvalue weighted by atomic mass is 9.91. The number of carbonyl (C=O) groups is 1. The maximum Gasteiger partial charge on any atom is 0.363 e. The zero-order valence-corrected chi connectivity index (χ0v) is 21.7. The first-order valence-electron chi connectivity index (χ1n) is 12.6. The normalized spacial score (nSPS) is 11.1. The first-order valence-corrected chi connectivity index (χ1v) is 12.6. The molecule has 0 saturated carbocycles. The second-order valence-electron chi connectivity index (χ2n) is 8.69. The number of hydrogen-bond acceptors (Lipinski definition) is 5. The molecule has 0 radical (unpaired) electrons. The highest BCUT2D eigenvalue weighted by atomic mass is 16.4. The summed E-state index contributed by atoms with van der Waals surface area (Å²) < 4.78 is 6.50. The number of benzene rings is 3. The van der Waals surface area contributed by atoms with Crippen molar-refractivity contribution in [3.8, 4) is 11.1 Å². The largest absolute Gasteiger partial charge is 0.478 e. The van der Waals surface area contributed by atoms with Crippen LogP contribution in [0.25, 0.3) is 33.1 Å². The summed E-state index contributed by atoms with van der Waals surface area (Å²) >= 11 is 0. The van der Waals surface area contributed by atoms with Gasteiger partial charge in [0.25, 0.3) is 0 Å². The molecule has 0 atom stereocenters. The summed E-state index contributed by atoms with van der Waals surface area (Å²) in [4.78, 5) is 17.0. The van der Waals surface area contributed by atoms with Gasteiger partial charge in [-0.15, -0.1) is 0 Å². The molecular weight excluding hydrogens is 452 g/mol. The van der Waals surface area contributed by atoms with Gasteiger partial charge in [-0.2, -0.15) is 0 Å². The Hall–Kier alpha value is -4.00. The minimum absolute atomic E-state index is 0.0799. The van der Waals surface area contributed by atoms with Crippen LogP contribution >= 0.6 is 0 Å². The zero-order chi connectivity index (χ0) is 26.0. The molecule has 0 aliphatic rings. The average molecular weight is 488 g/mol. The summed E-state index contributed by atoms with van der Waals surface area (Å²) in [5.41, 5.74) is 12.1. The van der Waals surface area contributed by atoms with Crippen molar-refractivity contribution in [2.75, 3.05) is 54.1 Å². The van der Waals surface area contributed by atoms with Crippen molar-refractivity contribution in [3.05, 3.63) is 54.1 Å². The molecule has 0 amide bonds. The van der Waals surface area contributed by atoms with Gasteiger partial charge in [0.1, 0.15) is 0 Å². The third kappa shape index (κ3) is 4.26. The van der Waals surface area contributed by atoms with Crippen molar-refractivity contribution in [1.82, 2.24) is 0 Å². The number of nitrogens with two attached hydrogens (primary N) is 1. The number of carboxylic acids is 1. The van der Waals surface area contributed by atoms with E-state index in [2.05, 4.69) is 54.9 Å². The van der Waals surface area contributed by atoms with Crippen LogP contribution in [-0.4, -0.2) is 44.3 Å². The molecule has 4 rings (SSSR count). The molecule has 7 heteroatoms. The summed E-state index contributed by atoms with van der Waals surface area (Å²) in [6.45, 7) is 12.0. The Kier molecular flexibility index (Phi) is 7.20. The number of nitrogens with zero attached hydrogens (tertiary/aromatic N) is 2. The third-order valence-corrected chi connectivity index (χ3v) is 6.94. The third-order valence-electron chi connectivity index (χ3n) is 6.94. The van der Waals surface area contributed by atoms with E-state index in [4.69, 9.17) is 10.2 Å². The van der Waals surface area contributed by atoms with Crippen molar-refractivity contribution in [1.29, 1.82) is 0 Å². The maximum absolute atomic E-state index is 12.5. The molecule has 0 unspecified atom stereocenters. The van der Waals surface area contributed by atoms with E-state index in [0.717, 1.165) is 53.9 Å². The first kappa shape index (κ1) is 25.1. The molecule has 1 heterocycles. The lowest BCUT2D eigenvalue weighted by Gasteiger charge is -2.21. The standard InChI is InChI=1S/C29H34N4O3/c1-6-32(7-2)18-10-12-20-24(16-18)36-25-17-19(33(8-3)9-4)11-13-21(25)26(20)22-14-15-23(31-5)28(30)27(22)29(34)35/h10-17,31H,6-9,30H2,1-5H3/p+1. The van der Waals surface area contributed by atoms with Crippen molar-refractivity contribution >= 4 is 50.7 Å². The van der Waals surface area contributed by atoms with Gasteiger partial charge in [0.2, 0.25) is 0 Å². The number of fused-ring (bicyclic) bond motifs is 2. The van der Waals surface area contributed by atoms with E-state index in [0.29, 0.717) is 22.4 Å². The van der Waals surface area contributed by atoms with Crippen molar-refractivity contribution in [2.45, 2.75) is 27.7 Å². The molecule has 4 N–H and O–H groups in total. The average Bonchev–Trinajstić information content (AvgIpc) is 2.88. The van der Waals surface area contributed by atoms with Gasteiger partial charge in [-0.05, 0) is 58.0 Å². The number of nitrogens with one attached hydrogen (secondary N) is 1. The van der Waals surface area contributed by atoms with Crippen LogP contribution < -0.4 is 20.9 Å². The molecule has 0 saturated heterocycles. The topological polar surface area (TPSA) is 93.1 Å². The molecule has 1 aromatic heterocycles. The van der Waals surface area contributed by atoms with Gasteiger partial charge < -0.3 is 26.0 Å². The van der Waals surface area contributed by atoms with Crippen LogP contribution in [0.15, 0.2) is 52.9 Å². The van der Waals surface area contributed by atoms with E-state index in [9.17, 15) is 9.90 Å². The Morgan fingerprint density at radius 1 is 0.861 bits per heavy atom. The molecule has 7 nitrogen and oxygen atoms in total. The maximum atomic E-state index is 12.5. The Morgan fingerprint density at radius 3 is 1.78 bits per heavy atom. The fraction of sp³-hybridized carbons (Fsp3) is 0.310. The number of carboxylic acid groups (broad SMARTS) is 1. The van der Waals surface area contributed by atoms with Gasteiger partial charge in [-0.1, -0.05) is 6.07 Å². The summed E-state index contributed by atoms with van der Waals surface area (Å²) in [6, 6.07) is 15.9. The lowest BCUT2D eigenvalue weighted by Crippen LogP contribution is -2.21. The minimum atomic E-state index is -1.07. The van der Waals surface area contributed by atoms with Crippen LogP contribution in [0.3, 0.4) is 0 Å². The second-order valence-corrected chi connectivity index (χ2v) is 8.69. The van der Waals surface area contributed by atoms with Crippen molar-refractivity contribution in [3.63, 3.8) is 0 Å². The SMILES string of the molecule is CCN(CC)c1ccc2c(-c3ccc(NC)c(N)c3C(=O)O)c3ccc(N(CC)CC)cc3[o+]c2c1. The van der Waals surface area contributed by atoms with Gasteiger partial charge in [0.15, 0.2) is 0 Å². The summed E-state index contributed by atoms with van der Waals surface area (Å²) in [5.74, 6) is -1.07. The number of rotatable bonds is 9. The molecule has 0 aliphatic carbocycles. The van der Waals surface area contributed by atoms with Gasteiger partial charge in [-0.3, -0.25) is 0 Å². The van der Waals surface area contributed by atoms with Gasteiger partial charge >= 0.3 is 17.1 Å². The molecular formula is C29H35N4O3+. The first-order chi connectivity index (χ1) is 17.4. The summed E-state index contributed by atoms with van der Waals surface area (Å²) in [5, 5.41) is 14.9. The van der Waals surface area contributed by atoms with Crippen LogP contribution in [0, 0.1) is 0 Å². The van der Waals surface area contributed by atoms with E-state index in [1.54, 1.807) is 7.05 Å². The molecule has 188 valence electrons. The highest BCUT2D eigenvalue weighted by Crippen LogP contribution is 2.42. The minimum Gasteiger partial charge on any atom is -0.478 e. The Balaban J connectivity index is 2.13. The predicted molar refractivity (Wildman–Crippen MR) is 152 cm³/mol. The van der Waals surface area contributed by atoms with Crippen LogP contribution in [0.1, 0.15) is 38.1 Å². The van der Waals surface area contributed by atoms with E-state index in [-0.39, 0.29) is 11.3 Å². The monoisotopic (exact) mass is 487 g/mol. The number of aromatic carboxylic acids is 1. The highest BCUT2D eigenvalue weighted by Gasteiger charge is 2.27. The van der Waals surface area contributed by atoms with E-state index in [1.165, 1.54) is 0 Å². The smallest absolute Gasteiger partial charge is 0.363 e. The fourth-order valence-electron chi connectivity index (χ4n) is 5.00. The molecule has 0 bridgehead atoms. The van der Waals surface area contributed by atoms with E-state index >= 15 is 0 Å². The molecule has 4 aromatic rings. The number of nitrogen functional groups attached to an aromatic ring is 1. The Bertz CT molecular complexity index is 1360. The highest BCUT2D eigenvalue weighted by molar-refractivity contribution is 6.15. The molecule has 3 aromatic carbocycles. The Morgan fingerprint density at radius 2 is 1.36 bits per heavy atom. The zero-order valence-electron chi connectivity index (χ0n) is 21.7. The predicted octanol–water partition coefficient (Wildman–Crippen LogP) is 6.55. The summed E-state index contributed by atoms with van der Waals surface area (Å²) in [6.07, 6.45) is 0. The quantitative estimate of drug-likeness (QED) is 0.140. The molecule has 0 fully saturated rings. The Labute approximate surface area is 212 Å². The van der Waals surface area contributed by atoms with Gasteiger partial charge in [0, 0.05) is 55.7 Å². The van der Waals surface area contributed by atoms with Crippen LogP contribution in [-0.2, 0) is 0 Å². The van der Waals surface area contributed by atoms with Crippen LogP contribution in [0.2, 0.25) is 0 Å².